The van der Waals surface area contributed by atoms with Crippen LogP contribution in [0, 0.1) is 15.9 Å². The van der Waals surface area contributed by atoms with Crippen LogP contribution < -0.4 is 16.6 Å². The van der Waals surface area contributed by atoms with Crippen LogP contribution >= 0.6 is 0 Å². The Labute approximate surface area is 121 Å². The number of hydrogen-bond donors (Lipinski definition) is 3. The van der Waals surface area contributed by atoms with E-state index in [0.29, 0.717) is 19.2 Å². The maximum atomic E-state index is 13.5. The maximum Gasteiger partial charge on any atom is 0.285 e. The third-order valence-corrected chi connectivity index (χ3v) is 3.00. The van der Waals surface area contributed by atoms with Crippen LogP contribution in [0.2, 0.25) is 0 Å². The van der Waals surface area contributed by atoms with Gasteiger partial charge in [0, 0.05) is 13.1 Å². The first-order chi connectivity index (χ1) is 9.90. The van der Waals surface area contributed by atoms with Gasteiger partial charge in [0.2, 0.25) is 0 Å². The smallest absolute Gasteiger partial charge is 0.285 e. The number of rotatable bonds is 7. The average molecular weight is 299 g/mol. The van der Waals surface area contributed by atoms with Crippen LogP contribution in [-0.4, -0.2) is 42.4 Å². The first-order valence-electron chi connectivity index (χ1n) is 6.32. The molecule has 0 atom stereocenters. The van der Waals surface area contributed by atoms with Gasteiger partial charge in [-0.25, -0.2) is 4.39 Å². The molecule has 0 aromatic heterocycles. The van der Waals surface area contributed by atoms with Gasteiger partial charge in [-0.2, -0.15) is 0 Å². The summed E-state index contributed by atoms with van der Waals surface area (Å²) in [5.41, 5.74) is 1.02. The molecule has 0 spiro atoms. The number of halogens is 1. The molecule has 116 valence electrons. The third kappa shape index (κ3) is 4.36. The number of carbonyl (C=O) groups is 1. The number of benzene rings is 1. The van der Waals surface area contributed by atoms with Crippen molar-refractivity contribution in [3.05, 3.63) is 33.6 Å². The molecule has 0 radical (unpaired) electrons. The lowest BCUT2D eigenvalue weighted by molar-refractivity contribution is -0.385. The lowest BCUT2D eigenvalue weighted by Gasteiger charge is -2.14. The highest BCUT2D eigenvalue weighted by molar-refractivity contribution is 5.99. The number of nitrogens with two attached hydrogens (primary N) is 1. The van der Waals surface area contributed by atoms with Crippen molar-refractivity contribution >= 4 is 17.3 Å². The summed E-state index contributed by atoms with van der Waals surface area (Å²) in [6.45, 7) is 3.70. The average Bonchev–Trinajstić information content (AvgIpc) is 2.46. The van der Waals surface area contributed by atoms with Gasteiger partial charge in [-0.3, -0.25) is 20.8 Å². The van der Waals surface area contributed by atoms with Crippen molar-refractivity contribution in [3.8, 4) is 0 Å². The minimum atomic E-state index is -0.897. The fraction of sp³-hybridized carbons (Fsp3) is 0.417. The van der Waals surface area contributed by atoms with Crippen LogP contribution in [0.3, 0.4) is 0 Å². The summed E-state index contributed by atoms with van der Waals surface area (Å²) >= 11 is 0. The summed E-state index contributed by atoms with van der Waals surface area (Å²) in [5.74, 6) is 3.56. The molecule has 0 heterocycles. The number of anilines is 1. The second-order valence-electron chi connectivity index (χ2n) is 4.40. The van der Waals surface area contributed by atoms with E-state index in [4.69, 9.17) is 5.84 Å². The van der Waals surface area contributed by atoms with Crippen LogP contribution in [0.5, 0.6) is 0 Å². The Balaban J connectivity index is 2.94. The summed E-state index contributed by atoms with van der Waals surface area (Å²) in [6, 6.07) is 1.69. The van der Waals surface area contributed by atoms with Crippen LogP contribution in [0.4, 0.5) is 15.8 Å². The van der Waals surface area contributed by atoms with Crippen LogP contribution in [0.15, 0.2) is 12.1 Å². The van der Waals surface area contributed by atoms with E-state index in [-0.39, 0.29) is 11.3 Å². The summed E-state index contributed by atoms with van der Waals surface area (Å²) in [5, 5.41) is 13.5. The van der Waals surface area contributed by atoms with E-state index >= 15 is 0 Å². The van der Waals surface area contributed by atoms with Crippen molar-refractivity contribution in [1.82, 2.24) is 10.2 Å². The van der Waals surface area contributed by atoms with Gasteiger partial charge in [0.05, 0.1) is 16.7 Å². The second-order valence-corrected chi connectivity index (χ2v) is 4.40. The van der Waals surface area contributed by atoms with Gasteiger partial charge in [0.25, 0.3) is 11.6 Å². The number of nitrogens with one attached hydrogen (secondary N) is 2. The summed E-state index contributed by atoms with van der Waals surface area (Å²) in [4.78, 5) is 24.1. The van der Waals surface area contributed by atoms with E-state index in [2.05, 4.69) is 10.7 Å². The van der Waals surface area contributed by atoms with Crippen molar-refractivity contribution in [1.29, 1.82) is 0 Å². The second kappa shape index (κ2) is 7.50. The van der Waals surface area contributed by atoms with Gasteiger partial charge < -0.3 is 15.6 Å². The van der Waals surface area contributed by atoms with Gasteiger partial charge in [-0.15, -0.1) is 0 Å². The van der Waals surface area contributed by atoms with Crippen molar-refractivity contribution in [2.75, 3.05) is 32.1 Å². The molecule has 0 aliphatic rings. The third-order valence-electron chi connectivity index (χ3n) is 3.00. The molecule has 1 rings (SSSR count). The first kappa shape index (κ1) is 16.8. The fourth-order valence-corrected chi connectivity index (χ4v) is 1.62. The van der Waals surface area contributed by atoms with Crippen molar-refractivity contribution in [2.24, 2.45) is 5.84 Å². The molecule has 1 amide bonds. The molecule has 0 saturated carbocycles. The molecular formula is C12H18FN5O3. The predicted octanol–water partition coefficient (Wildman–Crippen LogP) is 0.701. The van der Waals surface area contributed by atoms with Gasteiger partial charge in [0.1, 0.15) is 5.56 Å². The lowest BCUT2D eigenvalue weighted by atomic mass is 10.1. The number of hydrogen-bond acceptors (Lipinski definition) is 6. The number of nitrogen functional groups attached to an aromatic ring is 1. The van der Waals surface area contributed by atoms with E-state index in [9.17, 15) is 19.3 Å². The van der Waals surface area contributed by atoms with Crippen LogP contribution in [0.1, 0.15) is 17.3 Å². The zero-order chi connectivity index (χ0) is 16.0. The Kier molecular flexibility index (Phi) is 6.00. The van der Waals surface area contributed by atoms with Crippen molar-refractivity contribution in [3.63, 3.8) is 0 Å². The topological polar surface area (TPSA) is 114 Å². The van der Waals surface area contributed by atoms with Crippen LogP contribution in [0.25, 0.3) is 0 Å². The molecular weight excluding hydrogens is 281 g/mol. The monoisotopic (exact) mass is 299 g/mol. The molecule has 4 N–H and O–H groups in total. The molecule has 0 fully saturated rings. The quantitative estimate of drug-likeness (QED) is 0.388. The van der Waals surface area contributed by atoms with Gasteiger partial charge in [0.15, 0.2) is 5.82 Å². The highest BCUT2D eigenvalue weighted by Crippen LogP contribution is 2.25. The van der Waals surface area contributed by atoms with Gasteiger partial charge >= 0.3 is 0 Å². The zero-order valence-electron chi connectivity index (χ0n) is 11.9. The number of nitro groups is 1. The number of nitro benzene ring substituents is 1. The molecule has 0 aliphatic heterocycles. The Bertz CT molecular complexity index is 538. The molecule has 9 heteroatoms. The molecule has 0 saturated heterocycles. The van der Waals surface area contributed by atoms with Crippen molar-refractivity contribution < 1.29 is 14.1 Å². The normalized spacial score (nSPS) is 10.5. The Morgan fingerprint density at radius 1 is 1.52 bits per heavy atom. The van der Waals surface area contributed by atoms with E-state index in [1.807, 2.05) is 18.9 Å². The number of likely N-dealkylation sites (N-methyl/N-ethyl adjacent to an activating group) is 1. The number of hydrazine groups is 1. The van der Waals surface area contributed by atoms with Crippen molar-refractivity contribution in [2.45, 2.75) is 6.92 Å². The maximum absolute atomic E-state index is 13.5. The molecule has 0 bridgehead atoms. The highest BCUT2D eigenvalue weighted by atomic mass is 19.1. The van der Waals surface area contributed by atoms with E-state index in [1.54, 1.807) is 0 Å². The Morgan fingerprint density at radius 3 is 2.71 bits per heavy atom. The molecule has 8 nitrogen and oxygen atoms in total. The largest absolute Gasteiger partial charge is 0.351 e. The highest BCUT2D eigenvalue weighted by Gasteiger charge is 2.23. The predicted molar refractivity (Wildman–Crippen MR) is 76.4 cm³/mol. The first-order valence-corrected chi connectivity index (χ1v) is 6.32. The summed E-state index contributed by atoms with van der Waals surface area (Å²) in [6.07, 6.45) is 0. The standard InChI is InChI=1S/C12H18FN5O3/c1-3-17(2)5-4-15-12(19)8-6-10(16-14)9(13)7-11(8)18(20)21/h6-7,16H,3-5,14H2,1-2H3,(H,15,19). The Morgan fingerprint density at radius 2 is 2.19 bits per heavy atom. The molecule has 21 heavy (non-hydrogen) atoms. The summed E-state index contributed by atoms with van der Waals surface area (Å²) in [7, 11) is 1.88. The van der Waals surface area contributed by atoms with Gasteiger partial charge in [-0.05, 0) is 19.7 Å². The lowest BCUT2D eigenvalue weighted by Crippen LogP contribution is -2.33. The minimum Gasteiger partial charge on any atom is -0.351 e. The van der Waals surface area contributed by atoms with E-state index in [1.165, 1.54) is 0 Å². The molecule has 0 unspecified atom stereocenters. The molecule has 1 aromatic rings. The number of amides is 1. The van der Waals surface area contributed by atoms with E-state index in [0.717, 1.165) is 12.6 Å². The molecule has 0 aliphatic carbocycles. The minimum absolute atomic E-state index is 0.184. The zero-order valence-corrected chi connectivity index (χ0v) is 11.9. The SMILES string of the molecule is CCN(C)CCNC(=O)c1cc(NN)c(F)cc1[N+](=O)[O-]. The molecule has 1 aromatic carbocycles. The number of nitrogens with zero attached hydrogens (tertiary/aromatic N) is 2. The fourth-order valence-electron chi connectivity index (χ4n) is 1.62. The Hall–Kier alpha value is -2.26. The summed E-state index contributed by atoms with van der Waals surface area (Å²) < 4.78 is 13.5. The number of carbonyl (C=O) groups excluding carboxylic acids is 1. The van der Waals surface area contributed by atoms with E-state index < -0.39 is 22.3 Å². The van der Waals surface area contributed by atoms with Crippen LogP contribution in [-0.2, 0) is 0 Å². The van der Waals surface area contributed by atoms with Gasteiger partial charge in [-0.1, -0.05) is 6.92 Å².